The van der Waals surface area contributed by atoms with Crippen LogP contribution in [0.15, 0.2) is 11.6 Å². The Morgan fingerprint density at radius 1 is 1.15 bits per heavy atom. The molecule has 4 aliphatic carbocycles. The van der Waals surface area contributed by atoms with Crippen molar-refractivity contribution in [2.24, 2.45) is 34.5 Å². The van der Waals surface area contributed by atoms with Gasteiger partial charge in [0.25, 0.3) is 0 Å². The average molecular weight is 397 g/mol. The van der Waals surface area contributed by atoms with Crippen LogP contribution in [0.25, 0.3) is 0 Å². The van der Waals surface area contributed by atoms with Gasteiger partial charge in [-0.25, -0.2) is 4.18 Å². The summed E-state index contributed by atoms with van der Waals surface area (Å²) in [5.41, 5.74) is 1.56. The first kappa shape index (κ1) is 19.6. The maximum Gasteiger partial charge on any atom is 0.397 e. The Bertz CT molecular complexity index is 771. The third kappa shape index (κ3) is 3.12. The molecule has 0 saturated heterocycles. The lowest BCUT2D eigenvalue weighted by Crippen LogP contribution is -2.51. The summed E-state index contributed by atoms with van der Waals surface area (Å²) < 4.78 is 36.1. The number of carbonyl (C=O) groups is 1. The molecular formula is C21H32O5S. The lowest BCUT2D eigenvalue weighted by molar-refractivity contribution is -0.127. The van der Waals surface area contributed by atoms with Crippen molar-refractivity contribution >= 4 is 16.2 Å². The van der Waals surface area contributed by atoms with E-state index in [1.807, 2.05) is 0 Å². The number of Topliss-reactive ketones (excluding diaryl/α,β-unsaturated/α-hetero) is 1. The molecule has 4 rings (SSSR count). The Balaban J connectivity index is 1.58. The van der Waals surface area contributed by atoms with Crippen molar-refractivity contribution in [1.82, 2.24) is 0 Å². The molecule has 152 valence electrons. The van der Waals surface area contributed by atoms with Crippen LogP contribution in [-0.4, -0.2) is 24.9 Å². The molecular weight excluding hydrogens is 364 g/mol. The summed E-state index contributed by atoms with van der Waals surface area (Å²) in [5, 5.41) is 0. The molecule has 27 heavy (non-hydrogen) atoms. The van der Waals surface area contributed by atoms with E-state index in [0.29, 0.717) is 36.4 Å². The van der Waals surface area contributed by atoms with Crippen LogP contribution in [0.1, 0.15) is 72.1 Å². The Hall–Kier alpha value is -0.720. The summed E-state index contributed by atoms with van der Waals surface area (Å²) in [5.74, 6) is 2.43. The molecule has 0 amide bonds. The molecule has 6 heteroatoms. The van der Waals surface area contributed by atoms with Gasteiger partial charge in [0.05, 0.1) is 6.10 Å². The second-order valence-electron chi connectivity index (χ2n) is 9.93. The van der Waals surface area contributed by atoms with Gasteiger partial charge < -0.3 is 0 Å². The van der Waals surface area contributed by atoms with Gasteiger partial charge in [0, 0.05) is 5.92 Å². The van der Waals surface area contributed by atoms with Gasteiger partial charge in [0.1, 0.15) is 5.78 Å². The zero-order valence-corrected chi connectivity index (χ0v) is 17.4. The second kappa shape index (κ2) is 6.39. The molecule has 4 aliphatic rings. The molecule has 0 aromatic heterocycles. The molecule has 0 heterocycles. The van der Waals surface area contributed by atoms with Crippen LogP contribution in [0.5, 0.6) is 0 Å². The fraction of sp³-hybridized carbons (Fsp3) is 0.857. The van der Waals surface area contributed by atoms with E-state index in [9.17, 15) is 13.2 Å². The zero-order valence-electron chi connectivity index (χ0n) is 16.6. The fourth-order valence-electron chi connectivity index (χ4n) is 7.55. The lowest BCUT2D eigenvalue weighted by atomic mass is 9.47. The summed E-state index contributed by atoms with van der Waals surface area (Å²) >= 11 is 0. The normalized spacial score (nSPS) is 46.8. The first-order chi connectivity index (χ1) is 12.5. The van der Waals surface area contributed by atoms with Crippen molar-refractivity contribution in [3.63, 3.8) is 0 Å². The molecule has 5 nitrogen and oxygen atoms in total. The minimum Gasteiger partial charge on any atom is -0.300 e. The largest absolute Gasteiger partial charge is 0.397 e. The number of carbonyl (C=O) groups excluding carboxylic acids is 1. The monoisotopic (exact) mass is 396 g/mol. The van der Waals surface area contributed by atoms with Crippen LogP contribution in [0, 0.1) is 34.5 Å². The average Bonchev–Trinajstić information content (AvgIpc) is 2.91. The highest BCUT2D eigenvalue weighted by Gasteiger charge is 2.59. The highest BCUT2D eigenvalue weighted by molar-refractivity contribution is 7.80. The lowest BCUT2D eigenvalue weighted by Gasteiger charge is -2.58. The Labute approximate surface area is 162 Å². The molecule has 5 unspecified atom stereocenters. The quantitative estimate of drug-likeness (QED) is 0.567. The van der Waals surface area contributed by atoms with Crippen LogP contribution >= 0.6 is 0 Å². The molecule has 0 aromatic rings. The number of ketones is 1. The SMILES string of the molecule is CC(=O)C1CCC2C3CC=C4CC(OS(=O)(=O)O)CC[C@]4(C)C3CC[C@]12C. The molecule has 3 fully saturated rings. The third-order valence-corrected chi connectivity index (χ3v) is 9.32. The van der Waals surface area contributed by atoms with E-state index in [1.165, 1.54) is 5.57 Å². The van der Waals surface area contributed by atoms with Crippen molar-refractivity contribution in [2.75, 3.05) is 0 Å². The standard InChI is InChI=1S/C21H32O5S/c1-13(22)17-6-7-18-16-5-4-14-12-15(26-27(23,24)25)8-10-20(14,2)19(16)9-11-21(17,18)3/h4,15-19H,5-12H2,1-3H3,(H,23,24,25)/t15?,16?,17?,18?,19?,20-,21+/m0/s1. The number of allylic oxidation sites excluding steroid dienone is 1. The predicted octanol–water partition coefficient (Wildman–Crippen LogP) is 4.34. The van der Waals surface area contributed by atoms with Gasteiger partial charge in [0.15, 0.2) is 0 Å². The predicted molar refractivity (Wildman–Crippen MR) is 102 cm³/mol. The summed E-state index contributed by atoms with van der Waals surface area (Å²) in [4.78, 5) is 12.2. The minimum atomic E-state index is -4.40. The molecule has 3 saturated carbocycles. The number of rotatable bonds is 3. The van der Waals surface area contributed by atoms with E-state index in [-0.39, 0.29) is 16.7 Å². The van der Waals surface area contributed by atoms with E-state index in [0.717, 1.165) is 38.5 Å². The molecule has 0 radical (unpaired) electrons. The van der Waals surface area contributed by atoms with E-state index >= 15 is 0 Å². The van der Waals surface area contributed by atoms with Gasteiger partial charge in [-0.2, -0.15) is 8.42 Å². The summed E-state index contributed by atoms with van der Waals surface area (Å²) in [6.45, 7) is 6.46. The third-order valence-electron chi connectivity index (χ3n) is 8.81. The van der Waals surface area contributed by atoms with Gasteiger partial charge >= 0.3 is 10.4 Å². The molecule has 7 atom stereocenters. The van der Waals surface area contributed by atoms with Gasteiger partial charge in [-0.15, -0.1) is 0 Å². The number of hydrogen-bond acceptors (Lipinski definition) is 4. The zero-order chi connectivity index (χ0) is 19.6. The molecule has 0 spiro atoms. The first-order valence-electron chi connectivity index (χ1n) is 10.4. The van der Waals surface area contributed by atoms with Gasteiger partial charge in [-0.1, -0.05) is 25.5 Å². The highest BCUT2D eigenvalue weighted by Crippen LogP contribution is 2.66. The van der Waals surface area contributed by atoms with Crippen molar-refractivity contribution in [1.29, 1.82) is 0 Å². The Morgan fingerprint density at radius 2 is 1.89 bits per heavy atom. The van der Waals surface area contributed by atoms with Crippen LogP contribution in [-0.2, 0) is 19.4 Å². The van der Waals surface area contributed by atoms with Crippen LogP contribution in [0.4, 0.5) is 0 Å². The van der Waals surface area contributed by atoms with Crippen molar-refractivity contribution < 1.29 is 21.9 Å². The second-order valence-corrected chi connectivity index (χ2v) is 11.0. The molecule has 1 N–H and O–H groups in total. The van der Waals surface area contributed by atoms with E-state index < -0.39 is 16.5 Å². The minimum absolute atomic E-state index is 0.0949. The maximum absolute atomic E-state index is 12.2. The van der Waals surface area contributed by atoms with Gasteiger partial charge in [0.2, 0.25) is 0 Å². The van der Waals surface area contributed by atoms with E-state index in [1.54, 1.807) is 6.92 Å². The van der Waals surface area contributed by atoms with E-state index in [4.69, 9.17) is 8.74 Å². The van der Waals surface area contributed by atoms with Crippen molar-refractivity contribution in [3.05, 3.63) is 11.6 Å². The number of fused-ring (bicyclic) bond motifs is 5. The van der Waals surface area contributed by atoms with Crippen LogP contribution in [0.3, 0.4) is 0 Å². The molecule has 0 aliphatic heterocycles. The van der Waals surface area contributed by atoms with Gasteiger partial charge in [-0.05, 0) is 86.9 Å². The Kier molecular flexibility index (Phi) is 4.64. The summed E-state index contributed by atoms with van der Waals surface area (Å²) in [7, 11) is -4.40. The summed E-state index contributed by atoms with van der Waals surface area (Å²) in [6, 6.07) is 0. The highest BCUT2D eigenvalue weighted by atomic mass is 32.3. The number of hydrogen-bond donors (Lipinski definition) is 1. The van der Waals surface area contributed by atoms with Gasteiger partial charge in [-0.3, -0.25) is 9.35 Å². The summed E-state index contributed by atoms with van der Waals surface area (Å²) in [6.07, 6.45) is 9.54. The molecule has 0 bridgehead atoms. The van der Waals surface area contributed by atoms with E-state index in [2.05, 4.69) is 19.9 Å². The topological polar surface area (TPSA) is 80.7 Å². The first-order valence-corrected chi connectivity index (χ1v) is 11.8. The van der Waals surface area contributed by atoms with Crippen LogP contribution in [0.2, 0.25) is 0 Å². The Morgan fingerprint density at radius 3 is 2.56 bits per heavy atom. The van der Waals surface area contributed by atoms with Crippen molar-refractivity contribution in [2.45, 2.75) is 78.2 Å². The van der Waals surface area contributed by atoms with Crippen molar-refractivity contribution in [3.8, 4) is 0 Å². The molecule has 0 aromatic carbocycles. The smallest absolute Gasteiger partial charge is 0.300 e. The fourth-order valence-corrected chi connectivity index (χ4v) is 8.06. The van der Waals surface area contributed by atoms with Crippen LogP contribution < -0.4 is 0 Å². The maximum atomic E-state index is 12.2.